The second kappa shape index (κ2) is 7.74. The molecule has 0 fully saturated rings. The van der Waals surface area contributed by atoms with Crippen LogP contribution in [0.4, 0.5) is 5.69 Å². The summed E-state index contributed by atoms with van der Waals surface area (Å²) >= 11 is 3.45. The molecule has 2 aliphatic heterocycles. The van der Waals surface area contributed by atoms with Gasteiger partial charge in [0.25, 0.3) is 0 Å². The van der Waals surface area contributed by atoms with Crippen molar-refractivity contribution < 1.29 is 13.2 Å². The highest BCUT2D eigenvalue weighted by atomic mass is 32.2. The molecule has 0 saturated heterocycles. The molecule has 0 saturated carbocycles. The Labute approximate surface area is 190 Å². The van der Waals surface area contributed by atoms with Crippen LogP contribution in [-0.2, 0) is 27.7 Å². The maximum absolute atomic E-state index is 13.5. The van der Waals surface area contributed by atoms with E-state index in [4.69, 9.17) is 5.14 Å². The van der Waals surface area contributed by atoms with E-state index in [1.54, 1.807) is 34.8 Å². The molecule has 3 aromatic rings. The first kappa shape index (κ1) is 20.7. The van der Waals surface area contributed by atoms with Crippen molar-refractivity contribution in [3.63, 3.8) is 0 Å². The normalized spacial score (nSPS) is 20.6. The molecule has 0 radical (unpaired) electrons. The van der Waals surface area contributed by atoms with Gasteiger partial charge >= 0.3 is 0 Å². The van der Waals surface area contributed by atoms with Gasteiger partial charge in [-0.25, -0.2) is 13.6 Å². The molecule has 2 atom stereocenters. The monoisotopic (exact) mass is 473 g/mol. The maximum Gasteiger partial charge on any atom is 0.242 e. The van der Waals surface area contributed by atoms with Crippen LogP contribution in [0.25, 0.3) is 0 Å². The molecule has 0 spiro atoms. The quantitative estimate of drug-likeness (QED) is 0.630. The number of amides is 1. The lowest BCUT2D eigenvalue weighted by Crippen LogP contribution is -2.46. The summed E-state index contributed by atoms with van der Waals surface area (Å²) in [6, 6.07) is 11.3. The molecule has 2 N–H and O–H groups in total. The van der Waals surface area contributed by atoms with Crippen LogP contribution in [0.15, 0.2) is 52.1 Å². The van der Waals surface area contributed by atoms with Crippen molar-refractivity contribution in [1.29, 1.82) is 0 Å². The second-order valence-electron chi connectivity index (χ2n) is 8.07. The predicted octanol–water partition coefficient (Wildman–Crippen LogP) is 3.38. The molecule has 1 amide bonds. The molecule has 0 unspecified atom stereocenters. The number of primary sulfonamides is 1. The molecule has 1 aromatic carbocycles. The molecule has 4 heterocycles. The Balaban J connectivity index is 1.43. The molecular weight excluding hydrogens is 450 g/mol. The minimum atomic E-state index is -3.75. The number of sulfonamides is 1. The summed E-state index contributed by atoms with van der Waals surface area (Å²) in [4.78, 5) is 20.3. The average molecular weight is 474 g/mol. The summed E-state index contributed by atoms with van der Waals surface area (Å²) in [6.45, 7) is 3.03. The molecule has 5 rings (SSSR count). The van der Waals surface area contributed by atoms with Crippen LogP contribution >= 0.6 is 22.7 Å². The van der Waals surface area contributed by atoms with Gasteiger partial charge in [-0.2, -0.15) is 0 Å². The van der Waals surface area contributed by atoms with Crippen LogP contribution in [0.1, 0.15) is 33.8 Å². The zero-order valence-electron chi connectivity index (χ0n) is 17.0. The van der Waals surface area contributed by atoms with Gasteiger partial charge in [-0.1, -0.05) is 6.07 Å². The van der Waals surface area contributed by atoms with Crippen LogP contribution in [0.3, 0.4) is 0 Å². The Morgan fingerprint density at radius 3 is 2.77 bits per heavy atom. The van der Waals surface area contributed by atoms with E-state index in [1.807, 2.05) is 11.0 Å². The Hall–Kier alpha value is -2.20. The van der Waals surface area contributed by atoms with Crippen molar-refractivity contribution in [3.8, 4) is 0 Å². The number of benzene rings is 1. The number of carbonyl (C=O) groups excluding carboxylic acids is 1. The van der Waals surface area contributed by atoms with Crippen LogP contribution in [0.5, 0.6) is 0 Å². The Morgan fingerprint density at radius 1 is 1.19 bits per heavy atom. The van der Waals surface area contributed by atoms with Gasteiger partial charge in [-0.3, -0.25) is 4.79 Å². The van der Waals surface area contributed by atoms with E-state index < -0.39 is 10.0 Å². The van der Waals surface area contributed by atoms with E-state index in [0.717, 1.165) is 17.7 Å². The SMILES string of the molecule is C[C@@H]1Cc2cc(S(N)(=O)=O)ccc2N1CC(=O)N1CCc2sccc2[C@H]1c1cccs1. The summed E-state index contributed by atoms with van der Waals surface area (Å²) in [5.41, 5.74) is 3.06. The fourth-order valence-electron chi connectivity index (χ4n) is 4.66. The fourth-order valence-corrected chi connectivity index (χ4v) is 6.99. The molecular formula is C22H23N3O3S3. The molecule has 0 aliphatic carbocycles. The third kappa shape index (κ3) is 3.69. The molecule has 2 aromatic heterocycles. The largest absolute Gasteiger partial charge is 0.359 e. The van der Waals surface area contributed by atoms with Crippen molar-refractivity contribution in [2.45, 2.75) is 36.7 Å². The third-order valence-electron chi connectivity index (χ3n) is 6.14. The number of carbonyl (C=O) groups is 1. The van der Waals surface area contributed by atoms with Crippen molar-refractivity contribution in [2.75, 3.05) is 18.0 Å². The smallest absolute Gasteiger partial charge is 0.242 e. The molecule has 162 valence electrons. The van der Waals surface area contributed by atoms with Crippen molar-refractivity contribution >= 4 is 44.3 Å². The lowest BCUT2D eigenvalue weighted by atomic mass is 9.98. The standard InChI is InChI=1S/C22H23N3O3S3/c1-14-11-15-12-16(31(23,27)28)4-5-18(15)25(14)13-21(26)24-8-6-19-17(7-10-30-19)22(24)20-3-2-9-29-20/h2-5,7,9-10,12,14,22H,6,8,11,13H2,1H3,(H2,23,27,28)/t14-,22+/m1/s1. The van der Waals surface area contributed by atoms with E-state index in [-0.39, 0.29) is 29.4 Å². The highest BCUT2D eigenvalue weighted by Gasteiger charge is 2.36. The van der Waals surface area contributed by atoms with Crippen LogP contribution in [-0.4, -0.2) is 38.4 Å². The zero-order chi connectivity index (χ0) is 21.8. The number of hydrogen-bond donors (Lipinski definition) is 1. The number of anilines is 1. The van der Waals surface area contributed by atoms with Crippen molar-refractivity contribution in [3.05, 3.63) is 68.0 Å². The third-order valence-corrected chi connectivity index (χ3v) is 8.97. The first-order valence-electron chi connectivity index (χ1n) is 10.1. The second-order valence-corrected chi connectivity index (χ2v) is 11.6. The van der Waals surface area contributed by atoms with Gasteiger partial charge in [0.2, 0.25) is 15.9 Å². The number of rotatable bonds is 4. The fraction of sp³-hybridized carbons (Fsp3) is 0.318. The van der Waals surface area contributed by atoms with Gasteiger partial charge < -0.3 is 9.80 Å². The minimum Gasteiger partial charge on any atom is -0.359 e. The first-order valence-corrected chi connectivity index (χ1v) is 13.4. The summed E-state index contributed by atoms with van der Waals surface area (Å²) in [6.07, 6.45) is 1.57. The van der Waals surface area contributed by atoms with E-state index >= 15 is 0 Å². The Kier molecular flexibility index (Phi) is 5.16. The first-order chi connectivity index (χ1) is 14.8. The van der Waals surface area contributed by atoms with E-state index in [1.165, 1.54) is 21.4 Å². The topological polar surface area (TPSA) is 83.7 Å². The van der Waals surface area contributed by atoms with Crippen LogP contribution in [0, 0.1) is 0 Å². The summed E-state index contributed by atoms with van der Waals surface area (Å²) < 4.78 is 23.4. The highest BCUT2D eigenvalue weighted by Crippen LogP contribution is 2.40. The maximum atomic E-state index is 13.5. The Bertz CT molecular complexity index is 1230. The lowest BCUT2D eigenvalue weighted by molar-refractivity contribution is -0.131. The number of nitrogens with zero attached hydrogens (tertiary/aromatic N) is 2. The number of nitrogens with two attached hydrogens (primary N) is 1. The van der Waals surface area contributed by atoms with Gasteiger partial charge in [0, 0.05) is 28.0 Å². The number of thiophene rings is 2. The summed E-state index contributed by atoms with van der Waals surface area (Å²) in [7, 11) is -3.75. The molecule has 6 nitrogen and oxygen atoms in total. The molecule has 9 heteroatoms. The van der Waals surface area contributed by atoms with Gasteiger partial charge in [0.1, 0.15) is 0 Å². The predicted molar refractivity (Wildman–Crippen MR) is 124 cm³/mol. The van der Waals surface area contributed by atoms with Crippen LogP contribution in [0.2, 0.25) is 0 Å². The van der Waals surface area contributed by atoms with Gasteiger partial charge in [0.15, 0.2) is 0 Å². The molecule has 2 aliphatic rings. The zero-order valence-corrected chi connectivity index (χ0v) is 19.5. The van der Waals surface area contributed by atoms with Crippen molar-refractivity contribution in [1.82, 2.24) is 4.90 Å². The van der Waals surface area contributed by atoms with Gasteiger partial charge in [0.05, 0.1) is 17.5 Å². The molecule has 0 bridgehead atoms. The summed E-state index contributed by atoms with van der Waals surface area (Å²) in [5, 5.41) is 9.46. The average Bonchev–Trinajstić information content (AvgIpc) is 3.46. The van der Waals surface area contributed by atoms with Crippen LogP contribution < -0.4 is 10.0 Å². The minimum absolute atomic E-state index is 0.0374. The molecule has 31 heavy (non-hydrogen) atoms. The number of fused-ring (bicyclic) bond motifs is 2. The van der Waals surface area contributed by atoms with Gasteiger partial charge in [-0.05, 0) is 72.0 Å². The highest BCUT2D eigenvalue weighted by molar-refractivity contribution is 7.89. The lowest BCUT2D eigenvalue weighted by Gasteiger charge is -2.37. The van der Waals surface area contributed by atoms with E-state index in [2.05, 4.69) is 34.7 Å². The number of hydrogen-bond acceptors (Lipinski definition) is 6. The van der Waals surface area contributed by atoms with E-state index in [9.17, 15) is 13.2 Å². The summed E-state index contributed by atoms with van der Waals surface area (Å²) in [5.74, 6) is 0.0884. The Morgan fingerprint density at radius 2 is 2.03 bits per heavy atom. The van der Waals surface area contributed by atoms with Crippen molar-refractivity contribution in [2.24, 2.45) is 5.14 Å². The van der Waals surface area contributed by atoms with Gasteiger partial charge in [-0.15, -0.1) is 22.7 Å². The van der Waals surface area contributed by atoms with E-state index in [0.29, 0.717) is 13.0 Å².